The summed E-state index contributed by atoms with van der Waals surface area (Å²) < 4.78 is 40.9. The van der Waals surface area contributed by atoms with Crippen LogP contribution in [0.25, 0.3) is 0 Å². The molecule has 160 valence electrons. The van der Waals surface area contributed by atoms with E-state index in [1.54, 1.807) is 18.2 Å². The number of hydrogen-bond donors (Lipinski definition) is 1. The highest BCUT2D eigenvalue weighted by Gasteiger charge is 2.36. The van der Waals surface area contributed by atoms with Gasteiger partial charge in [-0.05, 0) is 79.4 Å². The number of carbonyl (C=O) groups is 1. The summed E-state index contributed by atoms with van der Waals surface area (Å²) in [5.74, 6) is -0.731. The molecule has 0 saturated carbocycles. The monoisotopic (exact) mass is 438 g/mol. The van der Waals surface area contributed by atoms with Gasteiger partial charge in [-0.15, -0.1) is 0 Å². The summed E-state index contributed by atoms with van der Waals surface area (Å²) in [6.07, 6.45) is 1.29. The number of hydrogen-bond acceptors (Lipinski definition) is 3. The predicted molar refractivity (Wildman–Crippen MR) is 119 cm³/mol. The molecule has 0 fully saturated rings. The Morgan fingerprint density at radius 2 is 1.81 bits per heavy atom. The maximum absolute atomic E-state index is 13.2. The number of aryl methyl sites for hydroxylation is 1. The Balaban J connectivity index is 1.63. The highest BCUT2D eigenvalue weighted by Crippen LogP contribution is 2.37. The van der Waals surface area contributed by atoms with Crippen molar-refractivity contribution >= 4 is 27.3 Å². The normalized spacial score (nSPS) is 15.6. The highest BCUT2D eigenvalue weighted by atomic mass is 32.2. The molecule has 0 unspecified atom stereocenters. The molecule has 31 heavy (non-hydrogen) atoms. The summed E-state index contributed by atoms with van der Waals surface area (Å²) in [5.41, 5.74) is 3.61. The number of halogens is 1. The molecule has 1 N–H and O–H groups in total. The molecular weight excluding hydrogens is 415 g/mol. The number of anilines is 2. The van der Waals surface area contributed by atoms with E-state index in [1.165, 1.54) is 16.4 Å². The molecule has 1 heterocycles. The van der Waals surface area contributed by atoms with E-state index in [4.69, 9.17) is 0 Å². The molecule has 0 saturated heterocycles. The molecule has 1 atom stereocenters. The van der Waals surface area contributed by atoms with Crippen molar-refractivity contribution in [1.29, 1.82) is 0 Å². The fourth-order valence-corrected chi connectivity index (χ4v) is 5.67. The van der Waals surface area contributed by atoms with Crippen molar-refractivity contribution in [2.45, 2.75) is 37.6 Å². The van der Waals surface area contributed by atoms with Gasteiger partial charge >= 0.3 is 0 Å². The fourth-order valence-electron chi connectivity index (χ4n) is 3.98. The Labute approximate surface area is 181 Å². The molecule has 0 bridgehead atoms. The van der Waals surface area contributed by atoms with Crippen molar-refractivity contribution in [1.82, 2.24) is 0 Å². The predicted octanol–water partition coefficient (Wildman–Crippen LogP) is 4.78. The van der Waals surface area contributed by atoms with E-state index in [1.807, 2.05) is 38.1 Å². The van der Waals surface area contributed by atoms with Gasteiger partial charge in [0.15, 0.2) is 0 Å². The van der Waals surface area contributed by atoms with Crippen molar-refractivity contribution in [3.05, 3.63) is 89.2 Å². The number of nitrogens with zero attached hydrogens (tertiary/aromatic N) is 1. The zero-order valence-corrected chi connectivity index (χ0v) is 18.1. The van der Waals surface area contributed by atoms with Crippen LogP contribution in [0.2, 0.25) is 0 Å². The van der Waals surface area contributed by atoms with Gasteiger partial charge in [0.1, 0.15) is 5.82 Å². The van der Waals surface area contributed by atoms with Gasteiger partial charge in [-0.25, -0.2) is 12.8 Å². The van der Waals surface area contributed by atoms with Crippen LogP contribution in [0.3, 0.4) is 0 Å². The second-order valence-corrected chi connectivity index (χ2v) is 9.43. The quantitative estimate of drug-likeness (QED) is 0.623. The van der Waals surface area contributed by atoms with Crippen LogP contribution < -0.4 is 9.62 Å². The van der Waals surface area contributed by atoms with Crippen LogP contribution in [-0.2, 0) is 22.9 Å². The SMILES string of the molecule is CCc1ccccc1NC(=O)c1ccc2c(c1)C[C@@H](C)N2S(=O)(=O)c1ccc(F)cc1. The molecule has 7 heteroatoms. The van der Waals surface area contributed by atoms with E-state index in [0.717, 1.165) is 35.4 Å². The smallest absolute Gasteiger partial charge is 0.264 e. The molecular formula is C24H23FN2O3S. The van der Waals surface area contributed by atoms with Gasteiger partial charge in [0.05, 0.1) is 10.6 Å². The Bertz CT molecular complexity index is 1240. The third kappa shape index (κ3) is 3.93. The summed E-state index contributed by atoms with van der Waals surface area (Å²) >= 11 is 0. The summed E-state index contributed by atoms with van der Waals surface area (Å²) in [6, 6.07) is 17.2. The average molecular weight is 439 g/mol. The zero-order chi connectivity index (χ0) is 22.2. The first-order valence-electron chi connectivity index (χ1n) is 10.1. The van der Waals surface area contributed by atoms with Crippen LogP contribution in [0, 0.1) is 5.82 Å². The second-order valence-electron chi connectivity index (χ2n) is 7.62. The molecule has 5 nitrogen and oxygen atoms in total. The number of sulfonamides is 1. The third-order valence-electron chi connectivity index (χ3n) is 5.51. The van der Waals surface area contributed by atoms with E-state index in [9.17, 15) is 17.6 Å². The number of carbonyl (C=O) groups excluding carboxylic acids is 1. The molecule has 1 amide bonds. The number of rotatable bonds is 5. The number of amides is 1. The minimum Gasteiger partial charge on any atom is -0.322 e. The summed E-state index contributed by atoms with van der Waals surface area (Å²) in [6.45, 7) is 3.84. The minimum absolute atomic E-state index is 0.0339. The minimum atomic E-state index is -3.84. The summed E-state index contributed by atoms with van der Waals surface area (Å²) in [4.78, 5) is 12.9. The largest absolute Gasteiger partial charge is 0.322 e. The first-order valence-corrected chi connectivity index (χ1v) is 11.6. The van der Waals surface area contributed by atoms with Crippen LogP contribution in [-0.4, -0.2) is 20.4 Å². The van der Waals surface area contributed by atoms with E-state index < -0.39 is 15.8 Å². The van der Waals surface area contributed by atoms with Gasteiger partial charge in [0.2, 0.25) is 0 Å². The van der Waals surface area contributed by atoms with Crippen LogP contribution in [0.4, 0.5) is 15.8 Å². The van der Waals surface area contributed by atoms with E-state index in [-0.39, 0.29) is 16.8 Å². The van der Waals surface area contributed by atoms with Crippen molar-refractivity contribution in [2.24, 2.45) is 0 Å². The van der Waals surface area contributed by atoms with E-state index in [0.29, 0.717) is 17.7 Å². The average Bonchev–Trinajstić information content (AvgIpc) is 3.10. The highest BCUT2D eigenvalue weighted by molar-refractivity contribution is 7.92. The molecule has 1 aliphatic rings. The van der Waals surface area contributed by atoms with Crippen molar-refractivity contribution < 1.29 is 17.6 Å². The number of benzene rings is 3. The lowest BCUT2D eigenvalue weighted by Gasteiger charge is -2.24. The van der Waals surface area contributed by atoms with Crippen molar-refractivity contribution in [3.8, 4) is 0 Å². The maximum Gasteiger partial charge on any atom is 0.264 e. The molecule has 3 aromatic carbocycles. The third-order valence-corrected chi connectivity index (χ3v) is 7.45. The number of fused-ring (bicyclic) bond motifs is 1. The summed E-state index contributed by atoms with van der Waals surface area (Å²) in [7, 11) is -3.84. The molecule has 3 aromatic rings. The lowest BCUT2D eigenvalue weighted by Crippen LogP contribution is -2.35. The van der Waals surface area contributed by atoms with E-state index in [2.05, 4.69) is 5.32 Å². The van der Waals surface area contributed by atoms with E-state index >= 15 is 0 Å². The molecule has 0 aromatic heterocycles. The van der Waals surface area contributed by atoms with Crippen LogP contribution >= 0.6 is 0 Å². The fraction of sp³-hybridized carbons (Fsp3) is 0.208. The molecule has 0 radical (unpaired) electrons. The van der Waals surface area contributed by atoms with Crippen molar-refractivity contribution in [3.63, 3.8) is 0 Å². The Morgan fingerprint density at radius 3 is 2.52 bits per heavy atom. The maximum atomic E-state index is 13.2. The van der Waals surface area contributed by atoms with Gasteiger partial charge in [-0.3, -0.25) is 9.10 Å². The molecule has 4 rings (SSSR count). The topological polar surface area (TPSA) is 66.5 Å². The number of nitrogens with one attached hydrogen (secondary N) is 1. The van der Waals surface area contributed by atoms with Crippen molar-refractivity contribution in [2.75, 3.05) is 9.62 Å². The second kappa shape index (κ2) is 8.15. The standard InChI is InChI=1S/C24H23FN2O3S/c1-3-17-6-4-5-7-22(17)26-24(28)18-8-13-23-19(15-18)14-16(2)27(23)31(29,30)21-11-9-20(25)10-12-21/h4-13,15-16H,3,14H2,1-2H3,(H,26,28)/t16-/m1/s1. The van der Waals surface area contributed by atoms with Crippen LogP contribution in [0.1, 0.15) is 35.3 Å². The lowest BCUT2D eigenvalue weighted by atomic mass is 10.1. The van der Waals surface area contributed by atoms with Crippen LogP contribution in [0.5, 0.6) is 0 Å². The number of para-hydroxylation sites is 1. The van der Waals surface area contributed by atoms with Gasteiger partial charge in [0.25, 0.3) is 15.9 Å². The molecule has 1 aliphatic heterocycles. The molecule has 0 aliphatic carbocycles. The first-order chi connectivity index (χ1) is 14.8. The zero-order valence-electron chi connectivity index (χ0n) is 17.3. The van der Waals surface area contributed by atoms with Gasteiger partial charge in [-0.2, -0.15) is 0 Å². The van der Waals surface area contributed by atoms with Crippen LogP contribution in [0.15, 0.2) is 71.6 Å². The van der Waals surface area contributed by atoms with Gasteiger partial charge in [-0.1, -0.05) is 25.1 Å². The first kappa shape index (κ1) is 21.1. The van der Waals surface area contributed by atoms with Gasteiger partial charge < -0.3 is 5.32 Å². The Morgan fingerprint density at radius 1 is 1.10 bits per heavy atom. The Hall–Kier alpha value is -3.19. The molecule has 0 spiro atoms. The Kier molecular flexibility index (Phi) is 5.54. The lowest BCUT2D eigenvalue weighted by molar-refractivity contribution is 0.102. The van der Waals surface area contributed by atoms with Gasteiger partial charge in [0, 0.05) is 17.3 Å². The summed E-state index contributed by atoms with van der Waals surface area (Å²) in [5, 5.41) is 2.95.